The molecule has 0 aromatic heterocycles. The molecular formula is C31H54O. The minimum Gasteiger partial charge on any atom is -0.372 e. The third kappa shape index (κ3) is 4.63. The van der Waals surface area contributed by atoms with E-state index in [9.17, 15) is 0 Å². The number of fused-ring (bicyclic) bond motifs is 5. The minimum absolute atomic E-state index is 0.0203. The molecule has 0 aliphatic heterocycles. The fourth-order valence-corrected chi connectivity index (χ4v) is 9.25. The monoisotopic (exact) mass is 442 g/mol. The number of hydrogen-bond donors (Lipinski definition) is 0. The second-order valence-electron chi connectivity index (χ2n) is 14.4. The van der Waals surface area contributed by atoms with Gasteiger partial charge < -0.3 is 4.74 Å². The fourth-order valence-electron chi connectivity index (χ4n) is 9.25. The van der Waals surface area contributed by atoms with Crippen LogP contribution < -0.4 is 0 Å². The zero-order valence-corrected chi connectivity index (χ0v) is 22.8. The molecule has 0 amide bonds. The maximum Gasteiger partial charge on any atom is 0.0619 e. The van der Waals surface area contributed by atoms with Crippen LogP contribution in [0.2, 0.25) is 0 Å². The molecule has 1 nitrogen and oxygen atoms in total. The van der Waals surface area contributed by atoms with Crippen LogP contribution in [0.15, 0.2) is 11.6 Å². The molecule has 0 aromatic rings. The second kappa shape index (κ2) is 9.05. The Bertz CT molecular complexity index is 683. The average molecular weight is 443 g/mol. The quantitative estimate of drug-likeness (QED) is 0.372. The van der Waals surface area contributed by atoms with E-state index in [-0.39, 0.29) is 5.60 Å². The first kappa shape index (κ1) is 24.8. The van der Waals surface area contributed by atoms with E-state index in [0.717, 1.165) is 35.5 Å². The van der Waals surface area contributed by atoms with Crippen molar-refractivity contribution in [3.8, 4) is 0 Å². The summed E-state index contributed by atoms with van der Waals surface area (Å²) >= 11 is 0. The first-order chi connectivity index (χ1) is 14.9. The topological polar surface area (TPSA) is 9.23 Å². The highest BCUT2D eigenvalue weighted by Gasteiger charge is 2.59. The van der Waals surface area contributed by atoms with Crippen LogP contribution in [0.3, 0.4) is 0 Å². The van der Waals surface area contributed by atoms with Gasteiger partial charge in [0.15, 0.2) is 0 Å². The maximum absolute atomic E-state index is 6.44. The van der Waals surface area contributed by atoms with Crippen LogP contribution in [0, 0.1) is 46.3 Å². The lowest BCUT2D eigenvalue weighted by atomic mass is 9.47. The molecule has 32 heavy (non-hydrogen) atoms. The zero-order chi connectivity index (χ0) is 23.3. The molecule has 0 aromatic carbocycles. The van der Waals surface area contributed by atoms with Crippen LogP contribution in [0.5, 0.6) is 0 Å². The summed E-state index contributed by atoms with van der Waals surface area (Å²) in [5.41, 5.74) is 2.79. The van der Waals surface area contributed by atoms with Crippen molar-refractivity contribution in [1.82, 2.24) is 0 Å². The van der Waals surface area contributed by atoms with Gasteiger partial charge in [-0.05, 0) is 118 Å². The van der Waals surface area contributed by atoms with Crippen molar-refractivity contribution in [1.29, 1.82) is 0 Å². The van der Waals surface area contributed by atoms with Crippen LogP contribution >= 0.6 is 0 Å². The number of rotatable bonds is 6. The Hall–Kier alpha value is -0.300. The van der Waals surface area contributed by atoms with E-state index >= 15 is 0 Å². The standard InChI is InChI=1S/C31H54O/c1-21(2)10-9-11-22(3)26-14-15-27-25-13-12-23-20-24(32-29(4,5)6)16-18-30(23,7)28(25)17-19-31(26,27)8/h12,21-22,24-28H,9-11,13-20H2,1-8H3/t22?,24?,25-,26?,27-,28-,30-,31+/m0/s1. The molecule has 0 radical (unpaired) electrons. The fraction of sp³-hybridized carbons (Fsp3) is 0.935. The average Bonchev–Trinajstić information content (AvgIpc) is 3.04. The van der Waals surface area contributed by atoms with Gasteiger partial charge in [-0.25, -0.2) is 0 Å². The zero-order valence-electron chi connectivity index (χ0n) is 22.8. The molecule has 0 bridgehead atoms. The van der Waals surface area contributed by atoms with Crippen molar-refractivity contribution in [2.75, 3.05) is 0 Å². The van der Waals surface area contributed by atoms with E-state index < -0.39 is 0 Å². The molecule has 3 saturated carbocycles. The van der Waals surface area contributed by atoms with Gasteiger partial charge in [0.25, 0.3) is 0 Å². The van der Waals surface area contributed by atoms with E-state index in [4.69, 9.17) is 4.74 Å². The lowest BCUT2D eigenvalue weighted by Crippen LogP contribution is -2.51. The molecule has 4 aliphatic carbocycles. The number of ether oxygens (including phenoxy) is 1. The van der Waals surface area contributed by atoms with Crippen molar-refractivity contribution in [3.63, 3.8) is 0 Å². The molecule has 0 saturated heterocycles. The van der Waals surface area contributed by atoms with Crippen molar-refractivity contribution >= 4 is 0 Å². The van der Waals surface area contributed by atoms with Crippen LogP contribution in [0.4, 0.5) is 0 Å². The van der Waals surface area contributed by atoms with Crippen molar-refractivity contribution < 1.29 is 4.74 Å². The van der Waals surface area contributed by atoms with E-state index in [0.29, 0.717) is 16.9 Å². The lowest BCUT2D eigenvalue weighted by Gasteiger charge is -2.58. The highest BCUT2D eigenvalue weighted by atomic mass is 16.5. The third-order valence-corrected chi connectivity index (χ3v) is 10.8. The summed E-state index contributed by atoms with van der Waals surface area (Å²) in [4.78, 5) is 0. The lowest BCUT2D eigenvalue weighted by molar-refractivity contribution is -0.0955. The second-order valence-corrected chi connectivity index (χ2v) is 14.4. The summed E-state index contributed by atoms with van der Waals surface area (Å²) < 4.78 is 6.44. The molecule has 8 atom stereocenters. The largest absolute Gasteiger partial charge is 0.372 e. The van der Waals surface area contributed by atoms with Gasteiger partial charge in [0.1, 0.15) is 0 Å². The highest BCUT2D eigenvalue weighted by molar-refractivity contribution is 5.25. The van der Waals surface area contributed by atoms with Crippen molar-refractivity contribution in [2.45, 2.75) is 138 Å². The molecule has 3 fully saturated rings. The SMILES string of the molecule is CC(C)CCCC(C)C1CC[C@H]2[C@@H]3CC=C4CC(OC(C)(C)C)CC[C@]4(C)[C@H]3CC[C@]12C. The van der Waals surface area contributed by atoms with E-state index in [1.807, 2.05) is 0 Å². The molecule has 0 N–H and O–H groups in total. The van der Waals surface area contributed by atoms with E-state index in [2.05, 4.69) is 61.5 Å². The van der Waals surface area contributed by atoms with Gasteiger partial charge in [-0.15, -0.1) is 0 Å². The molecule has 4 rings (SSSR count). The summed E-state index contributed by atoms with van der Waals surface area (Å²) in [7, 11) is 0. The van der Waals surface area contributed by atoms with Gasteiger partial charge in [-0.3, -0.25) is 0 Å². The Morgan fingerprint density at radius 3 is 2.41 bits per heavy atom. The van der Waals surface area contributed by atoms with Gasteiger partial charge in [-0.2, -0.15) is 0 Å². The normalized spacial score (nSPS) is 42.8. The van der Waals surface area contributed by atoms with Gasteiger partial charge in [0.2, 0.25) is 0 Å². The van der Waals surface area contributed by atoms with Gasteiger partial charge in [-0.1, -0.05) is 65.5 Å². The van der Waals surface area contributed by atoms with Gasteiger partial charge in [0.05, 0.1) is 11.7 Å². The Labute approximate surface area is 200 Å². The summed E-state index contributed by atoms with van der Waals surface area (Å²) in [6, 6.07) is 0. The molecule has 184 valence electrons. The van der Waals surface area contributed by atoms with Gasteiger partial charge >= 0.3 is 0 Å². The molecule has 3 unspecified atom stereocenters. The Balaban J connectivity index is 1.46. The Morgan fingerprint density at radius 2 is 1.72 bits per heavy atom. The number of allylic oxidation sites excluding steroid dienone is 1. The molecule has 0 heterocycles. The van der Waals surface area contributed by atoms with Crippen molar-refractivity contribution in [2.24, 2.45) is 46.3 Å². The molecule has 4 aliphatic rings. The smallest absolute Gasteiger partial charge is 0.0619 e. The third-order valence-electron chi connectivity index (χ3n) is 10.8. The summed E-state index contributed by atoms with van der Waals surface area (Å²) in [6.07, 6.45) is 18.6. The first-order valence-corrected chi connectivity index (χ1v) is 14.3. The Morgan fingerprint density at radius 1 is 0.969 bits per heavy atom. The maximum atomic E-state index is 6.44. The van der Waals surface area contributed by atoms with Gasteiger partial charge in [0, 0.05) is 0 Å². The summed E-state index contributed by atoms with van der Waals surface area (Å²) in [5, 5.41) is 0. The highest BCUT2D eigenvalue weighted by Crippen LogP contribution is 2.67. The van der Waals surface area contributed by atoms with Crippen LogP contribution in [0.1, 0.15) is 126 Å². The van der Waals surface area contributed by atoms with Crippen LogP contribution in [-0.4, -0.2) is 11.7 Å². The predicted molar refractivity (Wildman–Crippen MR) is 138 cm³/mol. The van der Waals surface area contributed by atoms with E-state index in [1.54, 1.807) is 5.57 Å². The first-order valence-electron chi connectivity index (χ1n) is 14.3. The molecule has 0 spiro atoms. The molecular weight excluding hydrogens is 388 g/mol. The van der Waals surface area contributed by atoms with Crippen LogP contribution in [0.25, 0.3) is 0 Å². The molecule has 1 heteroatoms. The van der Waals surface area contributed by atoms with Crippen molar-refractivity contribution in [3.05, 3.63) is 11.6 Å². The minimum atomic E-state index is -0.0203. The summed E-state index contributed by atoms with van der Waals surface area (Å²) in [5.74, 6) is 5.57. The number of hydrogen-bond acceptors (Lipinski definition) is 1. The summed E-state index contributed by atoms with van der Waals surface area (Å²) in [6.45, 7) is 19.4. The predicted octanol–water partition coefficient (Wildman–Crippen LogP) is 9.21. The van der Waals surface area contributed by atoms with Crippen LogP contribution in [-0.2, 0) is 4.74 Å². The van der Waals surface area contributed by atoms with E-state index in [1.165, 1.54) is 70.6 Å². The Kier molecular flexibility index (Phi) is 7.02.